The fraction of sp³-hybridized carbons (Fsp3) is 0.667. The Morgan fingerprint density at radius 1 is 1.16 bits per heavy atom. The molecule has 4 nitrogen and oxygen atoms in total. The van der Waals surface area contributed by atoms with E-state index in [1.807, 2.05) is 0 Å². The SMILES string of the molecule is Cc1ccccc1CN1CCC(NC(=O)CCC2CCNCC2)CC1. The molecule has 4 heteroatoms. The van der Waals surface area contributed by atoms with E-state index in [4.69, 9.17) is 0 Å². The first-order valence-corrected chi connectivity index (χ1v) is 9.97. The van der Waals surface area contributed by atoms with Gasteiger partial charge in [-0.1, -0.05) is 24.3 Å². The van der Waals surface area contributed by atoms with Crippen molar-refractivity contribution >= 4 is 5.91 Å². The molecular formula is C21H33N3O. The number of hydrogen-bond donors (Lipinski definition) is 2. The highest BCUT2D eigenvalue weighted by Crippen LogP contribution is 2.19. The Morgan fingerprint density at radius 3 is 2.60 bits per heavy atom. The zero-order chi connectivity index (χ0) is 17.5. The van der Waals surface area contributed by atoms with E-state index >= 15 is 0 Å². The van der Waals surface area contributed by atoms with Crippen molar-refractivity contribution in [3.63, 3.8) is 0 Å². The number of likely N-dealkylation sites (tertiary alicyclic amines) is 1. The molecule has 0 radical (unpaired) electrons. The molecule has 2 fully saturated rings. The van der Waals surface area contributed by atoms with Gasteiger partial charge in [0.1, 0.15) is 0 Å². The Balaban J connectivity index is 1.34. The van der Waals surface area contributed by atoms with Crippen molar-refractivity contribution in [1.82, 2.24) is 15.5 Å². The minimum Gasteiger partial charge on any atom is -0.353 e. The molecule has 0 saturated carbocycles. The molecule has 25 heavy (non-hydrogen) atoms. The molecule has 1 amide bonds. The van der Waals surface area contributed by atoms with Gasteiger partial charge in [0.15, 0.2) is 0 Å². The van der Waals surface area contributed by atoms with Crippen molar-refractivity contribution in [3.05, 3.63) is 35.4 Å². The Kier molecular flexibility index (Phi) is 6.88. The Morgan fingerprint density at radius 2 is 1.88 bits per heavy atom. The largest absolute Gasteiger partial charge is 0.353 e. The molecule has 2 heterocycles. The Bertz CT molecular complexity index is 546. The minimum atomic E-state index is 0.260. The summed E-state index contributed by atoms with van der Waals surface area (Å²) in [5, 5.41) is 6.66. The molecule has 0 aromatic heterocycles. The van der Waals surface area contributed by atoms with Crippen LogP contribution in [0, 0.1) is 12.8 Å². The summed E-state index contributed by atoms with van der Waals surface area (Å²) >= 11 is 0. The summed E-state index contributed by atoms with van der Waals surface area (Å²) in [6.07, 6.45) is 6.36. The Labute approximate surface area is 152 Å². The van der Waals surface area contributed by atoms with Gasteiger partial charge in [0, 0.05) is 32.1 Å². The summed E-state index contributed by atoms with van der Waals surface area (Å²) in [7, 11) is 0. The maximum Gasteiger partial charge on any atom is 0.220 e. The molecule has 1 aromatic rings. The fourth-order valence-electron chi connectivity index (χ4n) is 4.07. The maximum absolute atomic E-state index is 12.2. The van der Waals surface area contributed by atoms with Crippen molar-refractivity contribution in [2.24, 2.45) is 5.92 Å². The molecule has 138 valence electrons. The average molecular weight is 344 g/mol. The van der Waals surface area contributed by atoms with Crippen LogP contribution >= 0.6 is 0 Å². The molecule has 0 aliphatic carbocycles. The highest BCUT2D eigenvalue weighted by molar-refractivity contribution is 5.76. The van der Waals surface area contributed by atoms with E-state index in [1.165, 1.54) is 24.0 Å². The van der Waals surface area contributed by atoms with Crippen LogP contribution in [0.4, 0.5) is 0 Å². The van der Waals surface area contributed by atoms with Crippen molar-refractivity contribution in [2.45, 2.75) is 58.0 Å². The number of benzene rings is 1. The summed E-state index contributed by atoms with van der Waals surface area (Å²) in [5.74, 6) is 0.999. The summed E-state index contributed by atoms with van der Waals surface area (Å²) < 4.78 is 0. The van der Waals surface area contributed by atoms with Gasteiger partial charge in [-0.3, -0.25) is 9.69 Å². The summed E-state index contributed by atoms with van der Waals surface area (Å²) in [6, 6.07) is 9.00. The van der Waals surface area contributed by atoms with Gasteiger partial charge < -0.3 is 10.6 Å². The van der Waals surface area contributed by atoms with E-state index in [-0.39, 0.29) is 5.91 Å². The first-order chi connectivity index (χ1) is 12.2. The quantitative estimate of drug-likeness (QED) is 0.835. The van der Waals surface area contributed by atoms with Gasteiger partial charge in [0.25, 0.3) is 0 Å². The molecule has 0 atom stereocenters. The number of carbonyl (C=O) groups is 1. The zero-order valence-corrected chi connectivity index (χ0v) is 15.6. The zero-order valence-electron chi connectivity index (χ0n) is 15.6. The topological polar surface area (TPSA) is 44.4 Å². The van der Waals surface area contributed by atoms with Crippen molar-refractivity contribution in [1.29, 1.82) is 0 Å². The molecular weight excluding hydrogens is 310 g/mol. The summed E-state index contributed by atoms with van der Waals surface area (Å²) in [4.78, 5) is 14.7. The van der Waals surface area contributed by atoms with Gasteiger partial charge >= 0.3 is 0 Å². The highest BCUT2D eigenvalue weighted by Gasteiger charge is 2.21. The third-order valence-electron chi connectivity index (χ3n) is 5.85. The number of hydrogen-bond acceptors (Lipinski definition) is 3. The van der Waals surface area contributed by atoms with Gasteiger partial charge in [0.05, 0.1) is 0 Å². The van der Waals surface area contributed by atoms with Crippen LogP contribution in [-0.4, -0.2) is 43.0 Å². The van der Waals surface area contributed by atoms with Crippen LogP contribution in [0.15, 0.2) is 24.3 Å². The molecule has 2 aliphatic rings. The van der Waals surface area contributed by atoms with Crippen LogP contribution in [0.2, 0.25) is 0 Å². The van der Waals surface area contributed by atoms with Crippen LogP contribution in [0.25, 0.3) is 0 Å². The Hall–Kier alpha value is -1.39. The van der Waals surface area contributed by atoms with E-state index in [0.29, 0.717) is 12.5 Å². The molecule has 0 bridgehead atoms. The lowest BCUT2D eigenvalue weighted by Crippen LogP contribution is -2.44. The number of nitrogens with one attached hydrogen (secondary N) is 2. The van der Waals surface area contributed by atoms with Gasteiger partial charge in [-0.05, 0) is 69.2 Å². The molecule has 3 rings (SSSR count). The minimum absolute atomic E-state index is 0.260. The summed E-state index contributed by atoms with van der Waals surface area (Å²) in [5.41, 5.74) is 2.79. The number of piperidine rings is 2. The van der Waals surface area contributed by atoms with Gasteiger partial charge in [-0.2, -0.15) is 0 Å². The van der Waals surface area contributed by atoms with Gasteiger partial charge in [-0.25, -0.2) is 0 Å². The number of rotatable bonds is 6. The van der Waals surface area contributed by atoms with Crippen molar-refractivity contribution in [2.75, 3.05) is 26.2 Å². The molecule has 2 N–H and O–H groups in total. The molecule has 2 aliphatic heterocycles. The molecule has 0 spiro atoms. The fourth-order valence-corrected chi connectivity index (χ4v) is 4.07. The predicted molar refractivity (Wildman–Crippen MR) is 102 cm³/mol. The van der Waals surface area contributed by atoms with Crippen LogP contribution in [-0.2, 0) is 11.3 Å². The summed E-state index contributed by atoms with van der Waals surface area (Å²) in [6.45, 7) is 7.60. The number of amides is 1. The molecule has 2 saturated heterocycles. The average Bonchev–Trinajstić information content (AvgIpc) is 2.64. The smallest absolute Gasteiger partial charge is 0.220 e. The molecule has 1 aromatic carbocycles. The monoisotopic (exact) mass is 343 g/mol. The number of carbonyl (C=O) groups excluding carboxylic acids is 1. The van der Waals surface area contributed by atoms with Gasteiger partial charge in [-0.15, -0.1) is 0 Å². The third kappa shape index (κ3) is 5.82. The first-order valence-electron chi connectivity index (χ1n) is 9.97. The van der Waals surface area contributed by atoms with E-state index in [1.54, 1.807) is 0 Å². The lowest BCUT2D eigenvalue weighted by Gasteiger charge is -2.32. The van der Waals surface area contributed by atoms with E-state index in [2.05, 4.69) is 46.7 Å². The van der Waals surface area contributed by atoms with Crippen molar-refractivity contribution in [3.8, 4) is 0 Å². The second-order valence-electron chi connectivity index (χ2n) is 7.78. The molecule has 0 unspecified atom stereocenters. The number of nitrogens with zero attached hydrogens (tertiary/aromatic N) is 1. The van der Waals surface area contributed by atoms with E-state index in [0.717, 1.165) is 57.9 Å². The van der Waals surface area contributed by atoms with Crippen molar-refractivity contribution < 1.29 is 4.79 Å². The highest BCUT2D eigenvalue weighted by atomic mass is 16.1. The van der Waals surface area contributed by atoms with E-state index < -0.39 is 0 Å². The first kappa shape index (κ1) is 18.4. The lowest BCUT2D eigenvalue weighted by molar-refractivity contribution is -0.122. The van der Waals surface area contributed by atoms with Gasteiger partial charge in [0.2, 0.25) is 5.91 Å². The number of aryl methyl sites for hydroxylation is 1. The lowest BCUT2D eigenvalue weighted by atomic mass is 9.93. The maximum atomic E-state index is 12.2. The van der Waals surface area contributed by atoms with Crippen LogP contribution < -0.4 is 10.6 Å². The predicted octanol–water partition coefficient (Wildman–Crippen LogP) is 2.86. The van der Waals surface area contributed by atoms with Crippen LogP contribution in [0.5, 0.6) is 0 Å². The second-order valence-corrected chi connectivity index (χ2v) is 7.78. The van der Waals surface area contributed by atoms with E-state index in [9.17, 15) is 4.79 Å². The van der Waals surface area contributed by atoms with Crippen LogP contribution in [0.3, 0.4) is 0 Å². The van der Waals surface area contributed by atoms with Crippen LogP contribution in [0.1, 0.15) is 49.7 Å². The standard InChI is InChI=1S/C21H33N3O/c1-17-4-2-3-5-19(17)16-24-14-10-20(11-15-24)23-21(25)7-6-18-8-12-22-13-9-18/h2-5,18,20,22H,6-16H2,1H3,(H,23,25). The second kappa shape index (κ2) is 9.35. The third-order valence-corrected chi connectivity index (χ3v) is 5.85. The normalized spacial score (nSPS) is 20.5.